The van der Waals surface area contributed by atoms with Crippen molar-refractivity contribution in [2.45, 2.75) is 19.4 Å². The van der Waals surface area contributed by atoms with E-state index in [2.05, 4.69) is 25.8 Å². The Morgan fingerprint density at radius 3 is 2.73 bits per heavy atom. The third kappa shape index (κ3) is 2.57. The Kier molecular flexibility index (Phi) is 3.87. The Hall–Kier alpha value is -0.880. The molecule has 1 heterocycles. The topological polar surface area (TPSA) is 64.3 Å². The Morgan fingerprint density at radius 1 is 1.73 bits per heavy atom. The number of aryl methyl sites for hydroxylation is 2. The van der Waals surface area contributed by atoms with E-state index < -0.39 is 12.1 Å². The molecule has 0 radical (unpaired) electrons. The van der Waals surface area contributed by atoms with E-state index in [9.17, 15) is 9.90 Å². The summed E-state index contributed by atoms with van der Waals surface area (Å²) in [5, 5.41) is 13.6. The number of carbonyl (C=O) groups is 1. The maximum Gasteiger partial charge on any atom is 0.335 e. The lowest BCUT2D eigenvalue weighted by Crippen LogP contribution is -2.25. The van der Waals surface area contributed by atoms with Crippen LogP contribution in [0.15, 0.2) is 4.47 Å². The average molecular weight is 277 g/mol. The average Bonchev–Trinajstić information content (AvgIpc) is 2.43. The van der Waals surface area contributed by atoms with Gasteiger partial charge in [-0.2, -0.15) is 5.10 Å². The molecule has 15 heavy (non-hydrogen) atoms. The van der Waals surface area contributed by atoms with Gasteiger partial charge in [-0.3, -0.25) is 4.68 Å². The highest BCUT2D eigenvalue weighted by Crippen LogP contribution is 2.21. The van der Waals surface area contributed by atoms with Gasteiger partial charge in [-0.15, -0.1) is 0 Å². The Bertz CT molecular complexity index is 376. The van der Waals surface area contributed by atoms with Gasteiger partial charge in [0.15, 0.2) is 6.10 Å². The van der Waals surface area contributed by atoms with Crippen LogP contribution in [0.25, 0.3) is 0 Å². The van der Waals surface area contributed by atoms with Gasteiger partial charge in [0.2, 0.25) is 0 Å². The van der Waals surface area contributed by atoms with Gasteiger partial charge < -0.3 is 9.84 Å². The van der Waals surface area contributed by atoms with Gasteiger partial charge in [0, 0.05) is 13.5 Å². The summed E-state index contributed by atoms with van der Waals surface area (Å²) in [5.41, 5.74) is 1.59. The van der Waals surface area contributed by atoms with Crippen molar-refractivity contribution in [1.82, 2.24) is 9.78 Å². The number of hydrogen-bond acceptors (Lipinski definition) is 4. The molecular weight excluding hydrogens is 264 g/mol. The Labute approximate surface area is 96.2 Å². The van der Waals surface area contributed by atoms with E-state index in [1.165, 1.54) is 7.11 Å². The zero-order valence-electron chi connectivity index (χ0n) is 8.82. The zero-order chi connectivity index (χ0) is 11.6. The van der Waals surface area contributed by atoms with Crippen molar-refractivity contribution in [3.05, 3.63) is 15.9 Å². The van der Waals surface area contributed by atoms with E-state index in [1.54, 1.807) is 11.7 Å². The van der Waals surface area contributed by atoms with Crippen molar-refractivity contribution < 1.29 is 14.6 Å². The summed E-state index contributed by atoms with van der Waals surface area (Å²) < 4.78 is 6.88. The van der Waals surface area contributed by atoms with Gasteiger partial charge in [0.25, 0.3) is 0 Å². The van der Waals surface area contributed by atoms with Gasteiger partial charge in [0.1, 0.15) is 0 Å². The van der Waals surface area contributed by atoms with E-state index in [0.29, 0.717) is 0 Å². The van der Waals surface area contributed by atoms with E-state index in [4.69, 9.17) is 0 Å². The molecule has 84 valence electrons. The zero-order valence-corrected chi connectivity index (χ0v) is 10.4. The van der Waals surface area contributed by atoms with Crippen LogP contribution in [0.2, 0.25) is 0 Å². The maximum absolute atomic E-state index is 11.0. The Balaban J connectivity index is 2.85. The summed E-state index contributed by atoms with van der Waals surface area (Å²) >= 11 is 3.35. The van der Waals surface area contributed by atoms with Gasteiger partial charge in [-0.05, 0) is 22.9 Å². The summed E-state index contributed by atoms with van der Waals surface area (Å²) in [6.45, 7) is 1.85. The number of halogens is 1. The standard InChI is InChI=1S/C9H13BrN2O3/c1-5-8(10)6(12(2)11-5)4-7(13)9(14)15-3/h7,13H,4H2,1-3H3. The molecule has 6 heteroatoms. The summed E-state index contributed by atoms with van der Waals surface area (Å²) in [6.07, 6.45) is -0.967. The van der Waals surface area contributed by atoms with Crippen LogP contribution in [0.1, 0.15) is 11.4 Å². The second-order valence-electron chi connectivity index (χ2n) is 3.21. The van der Waals surface area contributed by atoms with Gasteiger partial charge >= 0.3 is 5.97 Å². The van der Waals surface area contributed by atoms with Crippen LogP contribution in [0, 0.1) is 6.92 Å². The smallest absolute Gasteiger partial charge is 0.335 e. The highest BCUT2D eigenvalue weighted by Gasteiger charge is 2.20. The van der Waals surface area contributed by atoms with Gasteiger partial charge in [-0.25, -0.2) is 4.79 Å². The first kappa shape index (κ1) is 12.2. The van der Waals surface area contributed by atoms with Crippen molar-refractivity contribution in [2.75, 3.05) is 7.11 Å². The molecule has 1 aromatic rings. The largest absolute Gasteiger partial charge is 0.467 e. The van der Waals surface area contributed by atoms with E-state index in [0.717, 1.165) is 15.9 Å². The van der Waals surface area contributed by atoms with Crippen molar-refractivity contribution in [1.29, 1.82) is 0 Å². The molecule has 0 bridgehead atoms. The molecule has 0 aliphatic rings. The van der Waals surface area contributed by atoms with Crippen molar-refractivity contribution >= 4 is 21.9 Å². The Morgan fingerprint density at radius 2 is 2.33 bits per heavy atom. The summed E-state index contributed by atoms with van der Waals surface area (Å²) in [4.78, 5) is 11.0. The molecule has 5 nitrogen and oxygen atoms in total. The van der Waals surface area contributed by atoms with E-state index in [1.807, 2.05) is 6.92 Å². The fraction of sp³-hybridized carbons (Fsp3) is 0.556. The lowest BCUT2D eigenvalue weighted by atomic mass is 10.2. The van der Waals surface area contributed by atoms with Gasteiger partial charge in [0.05, 0.1) is 23.0 Å². The highest BCUT2D eigenvalue weighted by atomic mass is 79.9. The molecular formula is C9H13BrN2O3. The third-order valence-corrected chi connectivity index (χ3v) is 3.15. The number of esters is 1. The number of aliphatic hydroxyl groups is 1. The summed E-state index contributed by atoms with van der Waals surface area (Å²) in [6, 6.07) is 0. The quantitative estimate of drug-likeness (QED) is 0.820. The van der Waals surface area contributed by atoms with Crippen LogP contribution in [0.4, 0.5) is 0 Å². The molecule has 1 N–H and O–H groups in total. The predicted molar refractivity (Wildman–Crippen MR) is 57.4 cm³/mol. The fourth-order valence-electron chi connectivity index (χ4n) is 1.30. The van der Waals surface area contributed by atoms with Crippen LogP contribution in [0.5, 0.6) is 0 Å². The summed E-state index contributed by atoms with van der Waals surface area (Å²) in [7, 11) is 3.01. The molecule has 1 atom stereocenters. The minimum Gasteiger partial charge on any atom is -0.467 e. The van der Waals surface area contributed by atoms with Gasteiger partial charge in [-0.1, -0.05) is 0 Å². The third-order valence-electron chi connectivity index (χ3n) is 2.12. The normalized spacial score (nSPS) is 12.6. The molecule has 0 fully saturated rings. The number of aromatic nitrogens is 2. The number of rotatable bonds is 3. The molecule has 1 unspecified atom stereocenters. The number of aliphatic hydroxyl groups excluding tert-OH is 1. The van der Waals surface area contributed by atoms with E-state index >= 15 is 0 Å². The molecule has 0 saturated carbocycles. The number of nitrogens with zero attached hydrogens (tertiary/aromatic N) is 2. The minimum atomic E-state index is -1.15. The second-order valence-corrected chi connectivity index (χ2v) is 4.01. The fourth-order valence-corrected chi connectivity index (χ4v) is 1.80. The molecule has 0 amide bonds. The van der Waals surface area contributed by atoms with Crippen molar-refractivity contribution in [2.24, 2.45) is 7.05 Å². The summed E-state index contributed by atoms with van der Waals surface area (Å²) in [5.74, 6) is -0.638. The van der Waals surface area contributed by atoms with Crippen LogP contribution in [-0.4, -0.2) is 34.1 Å². The lowest BCUT2D eigenvalue weighted by molar-refractivity contribution is -0.150. The second kappa shape index (κ2) is 4.76. The molecule has 0 saturated heterocycles. The van der Waals surface area contributed by atoms with Crippen molar-refractivity contribution in [3.8, 4) is 0 Å². The minimum absolute atomic E-state index is 0.185. The van der Waals surface area contributed by atoms with Crippen molar-refractivity contribution in [3.63, 3.8) is 0 Å². The molecule has 0 aliphatic carbocycles. The maximum atomic E-state index is 11.0. The monoisotopic (exact) mass is 276 g/mol. The number of ether oxygens (including phenoxy) is 1. The molecule has 0 aliphatic heterocycles. The molecule has 0 aromatic carbocycles. The number of methoxy groups -OCH3 is 1. The number of hydrogen-bond donors (Lipinski definition) is 1. The lowest BCUT2D eigenvalue weighted by Gasteiger charge is -2.08. The van der Waals surface area contributed by atoms with Crippen LogP contribution < -0.4 is 0 Å². The van der Waals surface area contributed by atoms with Crippen LogP contribution in [-0.2, 0) is 23.0 Å². The first-order valence-electron chi connectivity index (χ1n) is 4.41. The molecule has 0 spiro atoms. The SMILES string of the molecule is COC(=O)C(O)Cc1c(Br)c(C)nn1C. The first-order valence-corrected chi connectivity index (χ1v) is 5.20. The molecule has 1 rings (SSSR count). The van der Waals surface area contributed by atoms with E-state index in [-0.39, 0.29) is 6.42 Å². The predicted octanol–water partition coefficient (Wildman–Crippen LogP) is 0.567. The van der Waals surface area contributed by atoms with Crippen LogP contribution >= 0.6 is 15.9 Å². The highest BCUT2D eigenvalue weighted by molar-refractivity contribution is 9.10. The van der Waals surface area contributed by atoms with Crippen LogP contribution in [0.3, 0.4) is 0 Å². The molecule has 1 aromatic heterocycles. The first-order chi connectivity index (χ1) is 6.97. The number of carbonyl (C=O) groups excluding carboxylic acids is 1.